The standard InChI is InChI=1S/C20H19N3O3/c1-14(2)13-25-19-8-4-3-7-17(19)20(24)22-12-16-10-18(23-26-16)15-6-5-9-21-11-15/h3-11H,1,12-13H2,2H3,(H,22,24). The number of benzene rings is 1. The van der Waals surface area contributed by atoms with Crippen molar-refractivity contribution in [1.82, 2.24) is 15.5 Å². The molecule has 0 aliphatic heterocycles. The second-order valence-electron chi connectivity index (χ2n) is 5.84. The lowest BCUT2D eigenvalue weighted by atomic mass is 10.2. The predicted molar refractivity (Wildman–Crippen MR) is 97.7 cm³/mol. The van der Waals surface area contributed by atoms with Crippen LogP contribution in [0.3, 0.4) is 0 Å². The summed E-state index contributed by atoms with van der Waals surface area (Å²) in [6, 6.07) is 12.6. The highest BCUT2D eigenvalue weighted by molar-refractivity contribution is 5.96. The highest BCUT2D eigenvalue weighted by atomic mass is 16.5. The van der Waals surface area contributed by atoms with Crippen LogP contribution >= 0.6 is 0 Å². The maximum atomic E-state index is 12.5. The van der Waals surface area contributed by atoms with Gasteiger partial charge in [0.05, 0.1) is 12.1 Å². The number of hydrogen-bond acceptors (Lipinski definition) is 5. The minimum absolute atomic E-state index is 0.223. The first-order chi connectivity index (χ1) is 12.6. The molecule has 2 heterocycles. The number of aromatic nitrogens is 2. The van der Waals surface area contributed by atoms with Gasteiger partial charge in [0, 0.05) is 24.0 Å². The summed E-state index contributed by atoms with van der Waals surface area (Å²) >= 11 is 0. The fourth-order valence-corrected chi connectivity index (χ4v) is 2.29. The minimum Gasteiger partial charge on any atom is -0.488 e. The first-order valence-corrected chi connectivity index (χ1v) is 8.14. The lowest BCUT2D eigenvalue weighted by molar-refractivity contribution is 0.0943. The van der Waals surface area contributed by atoms with Crippen LogP contribution in [0.25, 0.3) is 11.3 Å². The van der Waals surface area contributed by atoms with Crippen molar-refractivity contribution in [1.29, 1.82) is 0 Å². The number of para-hydroxylation sites is 1. The second-order valence-corrected chi connectivity index (χ2v) is 5.84. The number of amides is 1. The molecule has 6 nitrogen and oxygen atoms in total. The maximum Gasteiger partial charge on any atom is 0.255 e. The third-order valence-corrected chi connectivity index (χ3v) is 3.55. The van der Waals surface area contributed by atoms with Gasteiger partial charge >= 0.3 is 0 Å². The van der Waals surface area contributed by atoms with Gasteiger partial charge in [-0.3, -0.25) is 9.78 Å². The average molecular weight is 349 g/mol. The maximum absolute atomic E-state index is 12.5. The van der Waals surface area contributed by atoms with E-state index < -0.39 is 0 Å². The summed E-state index contributed by atoms with van der Waals surface area (Å²) in [5.41, 5.74) is 2.87. The number of pyridine rings is 1. The largest absolute Gasteiger partial charge is 0.488 e. The summed E-state index contributed by atoms with van der Waals surface area (Å²) in [7, 11) is 0. The Morgan fingerprint density at radius 2 is 2.12 bits per heavy atom. The van der Waals surface area contributed by atoms with Gasteiger partial charge in [-0.15, -0.1) is 0 Å². The molecule has 0 bridgehead atoms. The number of rotatable bonds is 7. The molecule has 1 aromatic carbocycles. The van der Waals surface area contributed by atoms with Crippen molar-refractivity contribution in [3.63, 3.8) is 0 Å². The number of carbonyl (C=O) groups excluding carboxylic acids is 1. The van der Waals surface area contributed by atoms with Crippen molar-refractivity contribution in [3.8, 4) is 17.0 Å². The van der Waals surface area contributed by atoms with E-state index in [2.05, 4.69) is 22.0 Å². The van der Waals surface area contributed by atoms with Crippen molar-refractivity contribution in [2.24, 2.45) is 0 Å². The van der Waals surface area contributed by atoms with Crippen LogP contribution in [0, 0.1) is 0 Å². The minimum atomic E-state index is -0.248. The Labute approximate surface area is 151 Å². The molecule has 0 saturated carbocycles. The van der Waals surface area contributed by atoms with Gasteiger partial charge in [0.2, 0.25) is 0 Å². The number of nitrogens with zero attached hydrogens (tertiary/aromatic N) is 2. The van der Waals surface area contributed by atoms with Crippen LogP contribution in [0.4, 0.5) is 0 Å². The normalized spacial score (nSPS) is 10.3. The Bertz CT molecular complexity index is 903. The summed E-state index contributed by atoms with van der Waals surface area (Å²) in [5.74, 6) is 0.820. The molecule has 1 N–H and O–H groups in total. The smallest absolute Gasteiger partial charge is 0.255 e. The molecule has 3 rings (SSSR count). The Morgan fingerprint density at radius 3 is 2.88 bits per heavy atom. The Hall–Kier alpha value is -3.41. The average Bonchev–Trinajstić information content (AvgIpc) is 3.14. The Balaban J connectivity index is 1.65. The third-order valence-electron chi connectivity index (χ3n) is 3.55. The van der Waals surface area contributed by atoms with Gasteiger partial charge < -0.3 is 14.6 Å². The van der Waals surface area contributed by atoms with E-state index in [-0.39, 0.29) is 12.5 Å². The van der Waals surface area contributed by atoms with Crippen molar-refractivity contribution in [3.05, 3.63) is 78.3 Å². The van der Waals surface area contributed by atoms with Gasteiger partial charge in [-0.1, -0.05) is 23.9 Å². The van der Waals surface area contributed by atoms with Crippen molar-refractivity contribution < 1.29 is 14.1 Å². The number of carbonyl (C=O) groups is 1. The van der Waals surface area contributed by atoms with Crippen LogP contribution in [0.5, 0.6) is 5.75 Å². The molecule has 6 heteroatoms. The van der Waals surface area contributed by atoms with E-state index >= 15 is 0 Å². The van der Waals surface area contributed by atoms with Crippen LogP contribution < -0.4 is 10.1 Å². The summed E-state index contributed by atoms with van der Waals surface area (Å²) in [5, 5.41) is 6.82. The van der Waals surface area contributed by atoms with Crippen molar-refractivity contribution in [2.75, 3.05) is 6.61 Å². The van der Waals surface area contributed by atoms with Gasteiger partial charge in [-0.05, 0) is 36.8 Å². The van der Waals surface area contributed by atoms with E-state index in [1.807, 2.05) is 25.1 Å². The molecule has 0 aliphatic carbocycles. The van der Waals surface area contributed by atoms with Crippen LogP contribution in [0.1, 0.15) is 23.0 Å². The molecule has 3 aromatic rings. The Kier molecular flexibility index (Phi) is 5.43. The molecule has 0 unspecified atom stereocenters. The van der Waals surface area contributed by atoms with E-state index in [4.69, 9.17) is 9.26 Å². The van der Waals surface area contributed by atoms with E-state index in [1.54, 1.807) is 36.7 Å². The van der Waals surface area contributed by atoms with Crippen molar-refractivity contribution in [2.45, 2.75) is 13.5 Å². The second kappa shape index (κ2) is 8.11. The van der Waals surface area contributed by atoms with E-state index in [1.165, 1.54) is 0 Å². The van der Waals surface area contributed by atoms with Gasteiger partial charge in [0.25, 0.3) is 5.91 Å². The van der Waals surface area contributed by atoms with Crippen LogP contribution in [0.15, 0.2) is 71.5 Å². The molecule has 0 atom stereocenters. The zero-order chi connectivity index (χ0) is 18.4. The van der Waals surface area contributed by atoms with Crippen LogP contribution in [-0.2, 0) is 6.54 Å². The fourth-order valence-electron chi connectivity index (χ4n) is 2.29. The first-order valence-electron chi connectivity index (χ1n) is 8.14. The van der Waals surface area contributed by atoms with Gasteiger partial charge in [-0.25, -0.2) is 0 Å². The topological polar surface area (TPSA) is 77.2 Å². The molecule has 1 amide bonds. The Morgan fingerprint density at radius 1 is 1.27 bits per heavy atom. The van der Waals surface area contributed by atoms with Crippen LogP contribution in [-0.4, -0.2) is 22.7 Å². The number of nitrogens with one attached hydrogen (secondary N) is 1. The molecule has 0 spiro atoms. The highest BCUT2D eigenvalue weighted by Gasteiger charge is 2.13. The van der Waals surface area contributed by atoms with E-state index in [9.17, 15) is 4.79 Å². The summed E-state index contributed by atoms with van der Waals surface area (Å²) in [6.07, 6.45) is 3.40. The molecule has 26 heavy (non-hydrogen) atoms. The predicted octanol–water partition coefficient (Wildman–Crippen LogP) is 3.62. The number of hydrogen-bond donors (Lipinski definition) is 1. The molecule has 132 valence electrons. The lowest BCUT2D eigenvalue weighted by Gasteiger charge is -2.11. The lowest BCUT2D eigenvalue weighted by Crippen LogP contribution is -2.23. The monoisotopic (exact) mass is 349 g/mol. The zero-order valence-corrected chi connectivity index (χ0v) is 14.4. The molecule has 0 saturated heterocycles. The van der Waals surface area contributed by atoms with E-state index in [0.717, 1.165) is 11.1 Å². The summed E-state index contributed by atoms with van der Waals surface area (Å²) in [4.78, 5) is 16.5. The SMILES string of the molecule is C=C(C)COc1ccccc1C(=O)NCc1cc(-c2cccnc2)no1. The highest BCUT2D eigenvalue weighted by Crippen LogP contribution is 2.20. The van der Waals surface area contributed by atoms with E-state index in [0.29, 0.717) is 29.4 Å². The van der Waals surface area contributed by atoms with Gasteiger partial charge in [0.15, 0.2) is 5.76 Å². The van der Waals surface area contributed by atoms with Crippen molar-refractivity contribution >= 4 is 5.91 Å². The van der Waals surface area contributed by atoms with Gasteiger partial charge in [0.1, 0.15) is 18.1 Å². The molecule has 2 aromatic heterocycles. The fraction of sp³-hybridized carbons (Fsp3) is 0.150. The zero-order valence-electron chi connectivity index (χ0n) is 14.4. The van der Waals surface area contributed by atoms with Crippen LogP contribution in [0.2, 0.25) is 0 Å². The third kappa shape index (κ3) is 4.36. The summed E-state index contributed by atoms with van der Waals surface area (Å²) < 4.78 is 10.9. The first kappa shape index (κ1) is 17.4. The number of ether oxygens (including phenoxy) is 1. The molecule has 0 aliphatic rings. The quantitative estimate of drug-likeness (QED) is 0.659. The molecule has 0 fully saturated rings. The molecular formula is C20H19N3O3. The summed E-state index contributed by atoms with van der Waals surface area (Å²) in [6.45, 7) is 6.25. The van der Waals surface area contributed by atoms with Gasteiger partial charge in [-0.2, -0.15) is 0 Å². The molecular weight excluding hydrogens is 330 g/mol. The molecule has 0 radical (unpaired) electrons.